The predicted molar refractivity (Wildman–Crippen MR) is 455 cm³/mol. The molecule has 0 aromatic heterocycles. The Morgan fingerprint density at radius 1 is 0.227 bits per heavy atom. The first-order valence-corrected chi connectivity index (χ1v) is 49.7. The summed E-state index contributed by atoms with van der Waals surface area (Å²) in [5, 5.41) is 10.7. The lowest BCUT2D eigenvalue weighted by atomic mass is 10.0. The van der Waals surface area contributed by atoms with Gasteiger partial charge in [-0.25, -0.2) is 9.13 Å². The van der Waals surface area contributed by atoms with E-state index in [4.69, 9.17) is 37.0 Å². The number of hydrogen-bond acceptors (Lipinski definition) is 15. The van der Waals surface area contributed by atoms with Crippen LogP contribution in [-0.2, 0) is 65.4 Å². The average molecular weight is 1610 g/mol. The molecule has 3 N–H and O–H groups in total. The highest BCUT2D eigenvalue weighted by Gasteiger charge is 2.31. The lowest BCUT2D eigenvalue weighted by Gasteiger charge is -2.21. The lowest BCUT2D eigenvalue weighted by molar-refractivity contribution is -0.161. The normalized spacial score (nSPS) is 13.8. The maximum atomic E-state index is 13.2. The molecule has 0 rings (SSSR count). The Kier molecular flexibility index (Phi) is 78.1. The summed E-state index contributed by atoms with van der Waals surface area (Å²) in [4.78, 5) is 73.4. The van der Waals surface area contributed by atoms with E-state index in [2.05, 4.69) is 55.4 Å². The van der Waals surface area contributed by atoms with Gasteiger partial charge in [0.1, 0.15) is 19.3 Å². The fourth-order valence-electron chi connectivity index (χ4n) is 14.2. The van der Waals surface area contributed by atoms with Crippen molar-refractivity contribution in [3.8, 4) is 0 Å². The zero-order valence-corrected chi connectivity index (χ0v) is 74.7. The number of aliphatic hydroxyl groups is 1. The number of hydrogen-bond donors (Lipinski definition) is 3. The molecule has 0 aromatic rings. The van der Waals surface area contributed by atoms with E-state index >= 15 is 0 Å². The first kappa shape index (κ1) is 108. The van der Waals surface area contributed by atoms with E-state index in [9.17, 15) is 43.2 Å². The van der Waals surface area contributed by atoms with Gasteiger partial charge >= 0.3 is 39.5 Å². The van der Waals surface area contributed by atoms with Gasteiger partial charge in [-0.3, -0.25) is 37.3 Å². The van der Waals surface area contributed by atoms with Crippen LogP contribution < -0.4 is 0 Å². The first-order valence-electron chi connectivity index (χ1n) is 46.7. The summed E-state index contributed by atoms with van der Waals surface area (Å²) in [5.41, 5.74) is 0. The third kappa shape index (κ3) is 84.0. The Hall–Kier alpha value is -1.94. The summed E-state index contributed by atoms with van der Waals surface area (Å²) in [6, 6.07) is 0. The summed E-state index contributed by atoms with van der Waals surface area (Å²) in [6.07, 6.45) is 71.1. The smallest absolute Gasteiger partial charge is 0.462 e. The van der Waals surface area contributed by atoms with Crippen molar-refractivity contribution in [2.75, 3.05) is 39.6 Å². The second kappa shape index (κ2) is 79.5. The van der Waals surface area contributed by atoms with Crippen LogP contribution in [0.15, 0.2) is 0 Å². The number of carbonyl (C=O) groups is 4. The van der Waals surface area contributed by atoms with Gasteiger partial charge in [0.2, 0.25) is 0 Å². The number of esters is 4. The molecule has 19 heteroatoms. The molecule has 0 aromatic carbocycles. The highest BCUT2D eigenvalue weighted by molar-refractivity contribution is 7.47. The number of unbranched alkanes of at least 4 members (excludes halogenated alkanes) is 54. The molecule has 0 bridgehead atoms. The summed E-state index contributed by atoms with van der Waals surface area (Å²) in [7, 11) is -9.94. The SMILES string of the molecule is CC(C)CCCCCCCCCCCCCCCCCCCCC(=O)OC[C@H](COP(=O)(O)OCC(O)COP(=O)(O)OC[C@@H](COC(=O)CCCCCCCCCC(C)C)OC(=O)CCCCCCCCCCCCCCCCCCCCC(C)C)OC(=O)CCCCCCCCCCCCCCCCCC(C)C. The molecule has 3 unspecified atom stereocenters. The summed E-state index contributed by atoms with van der Waals surface area (Å²) >= 11 is 0. The van der Waals surface area contributed by atoms with Crippen LogP contribution >= 0.6 is 15.6 Å². The molecule has 110 heavy (non-hydrogen) atoms. The Morgan fingerprint density at radius 3 is 0.564 bits per heavy atom. The van der Waals surface area contributed by atoms with E-state index in [0.717, 1.165) is 114 Å². The Balaban J connectivity index is 5.20. The molecule has 0 aliphatic heterocycles. The van der Waals surface area contributed by atoms with Crippen LogP contribution in [0.5, 0.6) is 0 Å². The maximum absolute atomic E-state index is 13.2. The second-order valence-electron chi connectivity index (χ2n) is 34.6. The standard InChI is InChI=1S/C91H178O17P2/c1-81(2)67-59-51-43-36-30-24-18-13-9-11-15-21-27-33-39-47-55-63-71-88(93)101-77-86(107-90(95)73-66-58-49-41-35-29-23-17-20-26-32-38-45-53-61-69-83(5)6)79-105-109(97,98)103-75-85(92)76-104-110(99,100)106-80-87(78-102-89(94)72-64-56-50-42-46-54-62-70-84(7)8)108-91(96)74-65-57-48-40-34-28-22-16-12-10-14-19-25-31-37-44-52-60-68-82(3)4/h81-87,92H,9-80H2,1-8H3,(H,97,98)(H,99,100)/t85?,86-,87-/m1/s1. The quantitative estimate of drug-likeness (QED) is 0.0222. The number of aliphatic hydroxyl groups excluding tert-OH is 1. The predicted octanol–water partition coefficient (Wildman–Crippen LogP) is 27.9. The molecule has 17 nitrogen and oxygen atoms in total. The van der Waals surface area contributed by atoms with Gasteiger partial charge < -0.3 is 33.8 Å². The minimum absolute atomic E-state index is 0.107. The molecule has 0 spiro atoms. The summed E-state index contributed by atoms with van der Waals surface area (Å²) in [6.45, 7) is 14.4. The largest absolute Gasteiger partial charge is 0.472 e. The van der Waals surface area contributed by atoms with Gasteiger partial charge in [-0.05, 0) is 49.4 Å². The van der Waals surface area contributed by atoms with Gasteiger partial charge in [-0.2, -0.15) is 0 Å². The fraction of sp³-hybridized carbons (Fsp3) is 0.956. The van der Waals surface area contributed by atoms with Crippen LogP contribution in [0.4, 0.5) is 0 Å². The van der Waals surface area contributed by atoms with E-state index in [-0.39, 0.29) is 25.7 Å². The van der Waals surface area contributed by atoms with Crippen LogP contribution in [0.3, 0.4) is 0 Å². The topological polar surface area (TPSA) is 237 Å². The fourth-order valence-corrected chi connectivity index (χ4v) is 15.8. The van der Waals surface area contributed by atoms with Gasteiger partial charge in [-0.15, -0.1) is 0 Å². The van der Waals surface area contributed by atoms with Crippen molar-refractivity contribution in [2.45, 2.75) is 497 Å². The molecule has 0 saturated heterocycles. The lowest BCUT2D eigenvalue weighted by Crippen LogP contribution is -2.30. The van der Waals surface area contributed by atoms with Crippen molar-refractivity contribution >= 4 is 39.5 Å². The van der Waals surface area contributed by atoms with Crippen LogP contribution in [0, 0.1) is 23.7 Å². The maximum Gasteiger partial charge on any atom is 0.472 e. The Labute approximate surface area is 677 Å². The van der Waals surface area contributed by atoms with Gasteiger partial charge in [0.25, 0.3) is 0 Å². The highest BCUT2D eigenvalue weighted by atomic mass is 31.2. The number of rotatable bonds is 88. The molecule has 654 valence electrons. The van der Waals surface area contributed by atoms with Gasteiger partial charge in [-0.1, -0.05) is 428 Å². The van der Waals surface area contributed by atoms with E-state index in [0.29, 0.717) is 31.6 Å². The van der Waals surface area contributed by atoms with Crippen molar-refractivity contribution in [3.63, 3.8) is 0 Å². The third-order valence-electron chi connectivity index (χ3n) is 21.3. The average Bonchev–Trinajstić information content (AvgIpc) is 0.895. The van der Waals surface area contributed by atoms with Crippen LogP contribution in [0.2, 0.25) is 0 Å². The molecule has 0 saturated carbocycles. The second-order valence-corrected chi connectivity index (χ2v) is 37.5. The number of phosphoric ester groups is 2. The Morgan fingerprint density at radius 2 is 0.382 bits per heavy atom. The summed E-state index contributed by atoms with van der Waals surface area (Å²) in [5.74, 6) is 1.05. The zero-order chi connectivity index (χ0) is 80.9. The third-order valence-corrected chi connectivity index (χ3v) is 23.2. The van der Waals surface area contributed by atoms with Crippen molar-refractivity contribution < 1.29 is 80.2 Å². The van der Waals surface area contributed by atoms with Gasteiger partial charge in [0.05, 0.1) is 26.4 Å². The molecule has 5 atom stereocenters. The molecule has 0 fully saturated rings. The van der Waals surface area contributed by atoms with E-state index < -0.39 is 97.5 Å². The summed E-state index contributed by atoms with van der Waals surface area (Å²) < 4.78 is 69.0. The van der Waals surface area contributed by atoms with Gasteiger partial charge in [0.15, 0.2) is 12.2 Å². The number of carbonyl (C=O) groups excluding carboxylic acids is 4. The van der Waals surface area contributed by atoms with Crippen molar-refractivity contribution in [1.82, 2.24) is 0 Å². The molecular weight excluding hydrogens is 1430 g/mol. The molecule has 0 radical (unpaired) electrons. The zero-order valence-electron chi connectivity index (χ0n) is 72.9. The number of phosphoric acid groups is 2. The van der Waals surface area contributed by atoms with E-state index in [1.807, 2.05) is 0 Å². The minimum Gasteiger partial charge on any atom is -0.462 e. The molecule has 0 aliphatic carbocycles. The first-order chi connectivity index (χ1) is 53.1. The monoisotopic (exact) mass is 1610 g/mol. The molecular formula is C91H178O17P2. The molecule has 0 amide bonds. The van der Waals surface area contributed by atoms with Crippen molar-refractivity contribution in [1.29, 1.82) is 0 Å². The highest BCUT2D eigenvalue weighted by Crippen LogP contribution is 2.45. The Bertz CT molecular complexity index is 2130. The molecule has 0 heterocycles. The van der Waals surface area contributed by atoms with E-state index in [1.54, 1.807) is 0 Å². The van der Waals surface area contributed by atoms with Crippen LogP contribution in [-0.4, -0.2) is 96.7 Å². The van der Waals surface area contributed by atoms with Gasteiger partial charge in [0, 0.05) is 25.7 Å². The molecule has 0 aliphatic rings. The number of ether oxygens (including phenoxy) is 4. The minimum atomic E-state index is -4.97. The van der Waals surface area contributed by atoms with Crippen LogP contribution in [0.25, 0.3) is 0 Å². The van der Waals surface area contributed by atoms with Crippen molar-refractivity contribution in [3.05, 3.63) is 0 Å². The van der Waals surface area contributed by atoms with Crippen LogP contribution in [0.1, 0.15) is 479 Å². The van der Waals surface area contributed by atoms with E-state index in [1.165, 1.54) is 276 Å². The van der Waals surface area contributed by atoms with Crippen molar-refractivity contribution in [2.24, 2.45) is 23.7 Å².